The number of benzene rings is 2. The van der Waals surface area contributed by atoms with E-state index in [4.69, 9.17) is 5.41 Å². The van der Waals surface area contributed by atoms with E-state index in [2.05, 4.69) is 12.1 Å². The van der Waals surface area contributed by atoms with Crippen LogP contribution in [0.5, 0.6) is 0 Å². The van der Waals surface area contributed by atoms with Crippen molar-refractivity contribution in [2.75, 3.05) is 0 Å². The Balaban J connectivity index is 0.00000180. The molecule has 2 aromatic rings. The van der Waals surface area contributed by atoms with Gasteiger partial charge in [-0.2, -0.15) is 0 Å². The lowest BCUT2D eigenvalue weighted by atomic mass is 10.2. The largest absolute Gasteiger partial charge is 1.00 e. The summed E-state index contributed by atoms with van der Waals surface area (Å²) < 4.78 is 12.8. The molecule has 0 saturated carbocycles. The van der Waals surface area contributed by atoms with Crippen molar-refractivity contribution in [2.24, 2.45) is 0 Å². The smallest absolute Gasteiger partial charge is 0.212 e. The fourth-order valence-corrected chi connectivity index (χ4v) is 2.42. The quantitative estimate of drug-likeness (QED) is 0.595. The van der Waals surface area contributed by atoms with Gasteiger partial charge in [-0.05, 0) is 23.3 Å². The summed E-state index contributed by atoms with van der Waals surface area (Å²) in [6.45, 7) is 0. The summed E-state index contributed by atoms with van der Waals surface area (Å²) in [4.78, 5) is 0. The molecule has 0 aliphatic carbocycles. The lowest BCUT2D eigenvalue weighted by molar-refractivity contribution is -0.110. The van der Waals surface area contributed by atoms with Crippen LogP contribution in [-0.4, -0.2) is 5.04 Å². The van der Waals surface area contributed by atoms with E-state index in [1.165, 1.54) is 17.7 Å². The fourth-order valence-electron chi connectivity index (χ4n) is 1.60. The molecule has 0 spiro atoms. The van der Waals surface area contributed by atoms with Crippen molar-refractivity contribution in [2.45, 2.75) is 12.2 Å². The summed E-state index contributed by atoms with van der Waals surface area (Å²) in [7, 11) is 0. The second-order valence-electron chi connectivity index (χ2n) is 4.04. The van der Waals surface area contributed by atoms with E-state index in [1.54, 1.807) is 23.9 Å². The van der Waals surface area contributed by atoms with Crippen LogP contribution in [0, 0.1) is 5.82 Å². The number of rotatable bonds is 4. The maximum Gasteiger partial charge on any atom is 0.212 e. The van der Waals surface area contributed by atoms with Gasteiger partial charge in [0.15, 0.2) is 0 Å². The van der Waals surface area contributed by atoms with Gasteiger partial charge in [-0.3, -0.25) is 5.41 Å². The predicted molar refractivity (Wildman–Crippen MR) is 74.8 cm³/mol. The van der Waals surface area contributed by atoms with E-state index >= 15 is 0 Å². The Bertz CT molecular complexity index is 513. The zero-order valence-corrected chi connectivity index (χ0v) is 11.9. The van der Waals surface area contributed by atoms with Gasteiger partial charge in [0.05, 0.1) is 6.42 Å². The van der Waals surface area contributed by atoms with Gasteiger partial charge >= 0.3 is 0 Å². The molecule has 0 amide bonds. The molecule has 0 radical (unpaired) electrons. The van der Waals surface area contributed by atoms with Crippen LogP contribution in [0.4, 0.5) is 4.39 Å². The zero-order valence-electron chi connectivity index (χ0n) is 10.4. The van der Waals surface area contributed by atoms with Crippen molar-refractivity contribution >= 4 is 16.8 Å². The highest BCUT2D eigenvalue weighted by Crippen LogP contribution is 2.14. The lowest BCUT2D eigenvalue weighted by Gasteiger charge is -2.01. The number of halogens is 2. The molecule has 100 valence electrons. The van der Waals surface area contributed by atoms with E-state index in [0.29, 0.717) is 6.42 Å². The van der Waals surface area contributed by atoms with Crippen LogP contribution in [0.2, 0.25) is 0 Å². The third-order valence-electron chi connectivity index (χ3n) is 2.56. The Kier molecular flexibility index (Phi) is 6.60. The summed E-state index contributed by atoms with van der Waals surface area (Å²) in [6.07, 6.45) is 0.678. The van der Waals surface area contributed by atoms with Crippen molar-refractivity contribution in [3.63, 3.8) is 0 Å². The first-order valence-corrected chi connectivity index (χ1v) is 6.75. The van der Waals surface area contributed by atoms with Crippen LogP contribution in [0.1, 0.15) is 11.1 Å². The molecule has 2 rings (SSSR count). The number of hydrogen-bond donors (Lipinski definition) is 1. The van der Waals surface area contributed by atoms with Crippen molar-refractivity contribution in [1.29, 1.82) is 0 Å². The van der Waals surface area contributed by atoms with Crippen molar-refractivity contribution in [1.82, 2.24) is 0 Å². The van der Waals surface area contributed by atoms with E-state index in [0.717, 1.165) is 16.4 Å². The molecule has 19 heavy (non-hydrogen) atoms. The van der Waals surface area contributed by atoms with Crippen LogP contribution in [0.3, 0.4) is 0 Å². The summed E-state index contributed by atoms with van der Waals surface area (Å²) in [5.74, 6) is 0.655. The standard InChI is InChI=1S/C15H14FNS.ClH/c16-14-8-6-12(7-9-14)10-15(17)18-11-13-4-2-1-3-5-13;/h1-9,17H,10-11H2;1H. The molecule has 0 unspecified atom stereocenters. The number of hydrogen-bond acceptors (Lipinski definition) is 1. The monoisotopic (exact) mass is 295 g/mol. The highest BCUT2D eigenvalue weighted by atomic mass is 35.5. The highest BCUT2D eigenvalue weighted by Gasteiger charge is 2.06. The minimum absolute atomic E-state index is 0. The third kappa shape index (κ3) is 5.45. The molecule has 1 nitrogen and oxygen atoms in total. The van der Waals surface area contributed by atoms with Gasteiger partial charge in [0, 0.05) is 5.75 Å². The van der Waals surface area contributed by atoms with Crippen LogP contribution in [0.15, 0.2) is 54.6 Å². The third-order valence-corrected chi connectivity index (χ3v) is 3.55. The Hall–Kier alpha value is -1.32. The second kappa shape index (κ2) is 7.97. The number of thioether (sulfide) groups is 1. The average Bonchev–Trinajstić information content (AvgIpc) is 2.40. The molecular formula is C15H15ClFNS. The summed E-state index contributed by atoms with van der Waals surface area (Å²) in [5.41, 5.74) is 2.29. The Morgan fingerprint density at radius 3 is 2.21 bits per heavy atom. The van der Waals surface area contributed by atoms with E-state index < -0.39 is 0 Å². The van der Waals surface area contributed by atoms with Gasteiger partial charge in [-0.1, -0.05) is 54.2 Å². The summed E-state index contributed by atoms with van der Waals surface area (Å²) in [6, 6.07) is 16.7. The Morgan fingerprint density at radius 2 is 1.58 bits per heavy atom. The van der Waals surface area contributed by atoms with E-state index in [1.807, 2.05) is 18.2 Å². The molecule has 0 aromatic heterocycles. The maximum absolute atomic E-state index is 12.8. The molecule has 0 bridgehead atoms. The summed E-state index contributed by atoms with van der Waals surface area (Å²) in [5, 5.41) is 6.83. The average molecular weight is 296 g/mol. The van der Waals surface area contributed by atoms with Gasteiger partial charge < -0.3 is 12.4 Å². The molecule has 4 heteroatoms. The van der Waals surface area contributed by atoms with Crippen LogP contribution >= 0.6 is 11.8 Å². The normalized spacial score (nSPS) is 9.74. The molecule has 0 fully saturated rings. The molecular weight excluding hydrogens is 281 g/mol. The molecule has 0 heterocycles. The zero-order chi connectivity index (χ0) is 12.8. The van der Waals surface area contributed by atoms with Crippen molar-refractivity contribution in [3.8, 4) is 0 Å². The van der Waals surface area contributed by atoms with Gasteiger partial charge in [0.25, 0.3) is 0 Å². The molecule has 0 aliphatic heterocycles. The predicted octanol–water partition coefficient (Wildman–Crippen LogP) is -0.537. The first-order chi connectivity index (χ1) is 8.74. The Morgan fingerprint density at radius 1 is 0.947 bits per heavy atom. The molecule has 0 atom stereocenters. The molecule has 0 aliphatic rings. The molecule has 2 N–H and O–H groups in total. The van der Waals surface area contributed by atoms with Crippen molar-refractivity contribution in [3.05, 3.63) is 71.5 Å². The summed E-state index contributed by atoms with van der Waals surface area (Å²) >= 11 is 1.63. The van der Waals surface area contributed by atoms with Gasteiger partial charge in [0.2, 0.25) is 5.04 Å². The minimum atomic E-state index is -0.214. The Labute approximate surface area is 123 Å². The lowest BCUT2D eigenvalue weighted by Crippen LogP contribution is -3.00. The highest BCUT2D eigenvalue weighted by molar-refractivity contribution is 8.12. The van der Waals surface area contributed by atoms with Gasteiger partial charge in [-0.15, -0.1) is 0 Å². The maximum atomic E-state index is 12.8. The second-order valence-corrected chi connectivity index (χ2v) is 5.15. The minimum Gasteiger partial charge on any atom is -1.00 e. The van der Waals surface area contributed by atoms with Crippen LogP contribution < -0.4 is 17.8 Å². The topological polar surface area (TPSA) is 25.6 Å². The SMILES string of the molecule is [Cl-].[NH2+]=C(Cc1ccc(F)cc1)SCc1ccccc1. The van der Waals surface area contributed by atoms with Gasteiger partial charge in [0.1, 0.15) is 5.82 Å². The fraction of sp³-hybridized carbons (Fsp3) is 0.133. The molecule has 0 saturated heterocycles. The van der Waals surface area contributed by atoms with E-state index in [-0.39, 0.29) is 18.2 Å². The van der Waals surface area contributed by atoms with Crippen LogP contribution in [0.25, 0.3) is 0 Å². The first kappa shape index (κ1) is 15.7. The number of nitrogens with two attached hydrogens (primary N) is 1. The van der Waals surface area contributed by atoms with Crippen molar-refractivity contribution < 1.29 is 22.2 Å². The van der Waals surface area contributed by atoms with Crippen LogP contribution in [-0.2, 0) is 12.2 Å². The first-order valence-electron chi connectivity index (χ1n) is 5.76. The van der Waals surface area contributed by atoms with Gasteiger partial charge in [-0.25, -0.2) is 4.39 Å². The molecule has 2 aromatic carbocycles. The van der Waals surface area contributed by atoms with E-state index in [9.17, 15) is 4.39 Å².